The molecule has 0 bridgehead atoms. The summed E-state index contributed by atoms with van der Waals surface area (Å²) in [6.45, 7) is 4.95. The van der Waals surface area contributed by atoms with Crippen LogP contribution in [0.15, 0.2) is 48.7 Å². The normalized spacial score (nSPS) is 10.8. The monoisotopic (exact) mass is 296 g/mol. The van der Waals surface area contributed by atoms with Crippen molar-refractivity contribution < 1.29 is 0 Å². The highest BCUT2D eigenvalue weighted by molar-refractivity contribution is 6.35. The average Bonchev–Trinajstić information content (AvgIpc) is 2.46. The lowest BCUT2D eigenvalue weighted by atomic mass is 10.1. The van der Waals surface area contributed by atoms with Gasteiger partial charge in [-0.25, -0.2) is 0 Å². The van der Waals surface area contributed by atoms with E-state index in [9.17, 15) is 0 Å². The lowest BCUT2D eigenvalue weighted by Crippen LogP contribution is -2.01. The molecule has 0 saturated carbocycles. The molecule has 0 unspecified atom stereocenters. The van der Waals surface area contributed by atoms with Gasteiger partial charge >= 0.3 is 0 Å². The lowest BCUT2D eigenvalue weighted by molar-refractivity contribution is 1.15. The van der Waals surface area contributed by atoms with Crippen molar-refractivity contribution in [3.8, 4) is 0 Å². The number of aromatic nitrogens is 1. The second-order valence-electron chi connectivity index (χ2n) is 5.34. The van der Waals surface area contributed by atoms with E-state index in [-0.39, 0.29) is 0 Å². The van der Waals surface area contributed by atoms with Crippen LogP contribution in [-0.4, -0.2) is 4.98 Å². The van der Waals surface area contributed by atoms with Gasteiger partial charge in [0.2, 0.25) is 0 Å². The van der Waals surface area contributed by atoms with Gasteiger partial charge in [-0.1, -0.05) is 23.7 Å². The Hall–Kier alpha value is -2.06. The molecule has 3 heteroatoms. The number of rotatable bonds is 3. The quantitative estimate of drug-likeness (QED) is 0.726. The highest BCUT2D eigenvalue weighted by Gasteiger charge is 2.05. The Morgan fingerprint density at radius 3 is 2.57 bits per heavy atom. The van der Waals surface area contributed by atoms with Crippen molar-refractivity contribution in [2.45, 2.75) is 20.4 Å². The number of fused-ring (bicyclic) bond motifs is 1. The third kappa shape index (κ3) is 3.01. The van der Waals surface area contributed by atoms with Crippen LogP contribution in [-0.2, 0) is 6.54 Å². The molecule has 0 aliphatic carbocycles. The molecule has 3 aromatic rings. The predicted octanol–water partition coefficient (Wildman–Crippen LogP) is 5.12. The van der Waals surface area contributed by atoms with E-state index in [0.29, 0.717) is 0 Å². The van der Waals surface area contributed by atoms with Crippen LogP contribution in [0.2, 0.25) is 5.02 Å². The summed E-state index contributed by atoms with van der Waals surface area (Å²) in [5.74, 6) is 0. The maximum Gasteiger partial charge on any atom is 0.0766 e. The minimum atomic E-state index is 0.730. The van der Waals surface area contributed by atoms with E-state index in [1.54, 1.807) is 6.20 Å². The molecule has 1 heterocycles. The van der Waals surface area contributed by atoms with Crippen LogP contribution in [0.25, 0.3) is 10.9 Å². The van der Waals surface area contributed by atoms with E-state index >= 15 is 0 Å². The molecule has 1 N–H and O–H groups in total. The van der Waals surface area contributed by atoms with Crippen molar-refractivity contribution in [3.63, 3.8) is 0 Å². The number of anilines is 1. The molecule has 3 rings (SSSR count). The fourth-order valence-corrected chi connectivity index (χ4v) is 2.83. The predicted molar refractivity (Wildman–Crippen MR) is 90.0 cm³/mol. The Labute approximate surface area is 129 Å². The minimum absolute atomic E-state index is 0.730. The van der Waals surface area contributed by atoms with Gasteiger partial charge in [0, 0.05) is 28.8 Å². The van der Waals surface area contributed by atoms with Crippen LogP contribution in [0.4, 0.5) is 5.69 Å². The smallest absolute Gasteiger partial charge is 0.0766 e. The van der Waals surface area contributed by atoms with Gasteiger partial charge in [-0.15, -0.1) is 0 Å². The van der Waals surface area contributed by atoms with Gasteiger partial charge in [0.25, 0.3) is 0 Å². The van der Waals surface area contributed by atoms with Crippen LogP contribution < -0.4 is 5.32 Å². The first kappa shape index (κ1) is 13.9. The second-order valence-corrected chi connectivity index (χ2v) is 5.74. The maximum atomic E-state index is 6.23. The summed E-state index contributed by atoms with van der Waals surface area (Å²) >= 11 is 6.23. The van der Waals surface area contributed by atoms with Gasteiger partial charge in [-0.05, 0) is 60.9 Å². The molecular formula is C18H17ClN2. The standard InChI is InChI=1S/C18H17ClN2/c1-12-8-13(2)10-15(9-12)21-11-14-5-6-17(19)16-4-3-7-20-18(14)16/h3-10,21H,11H2,1-2H3. The zero-order valence-corrected chi connectivity index (χ0v) is 12.9. The Bertz CT molecular complexity index is 776. The van der Waals surface area contributed by atoms with Crippen molar-refractivity contribution in [1.82, 2.24) is 4.98 Å². The Morgan fingerprint density at radius 1 is 1.05 bits per heavy atom. The van der Waals surface area contributed by atoms with Crippen molar-refractivity contribution in [2.75, 3.05) is 5.32 Å². The van der Waals surface area contributed by atoms with E-state index in [1.165, 1.54) is 11.1 Å². The summed E-state index contributed by atoms with van der Waals surface area (Å²) in [6, 6.07) is 14.4. The van der Waals surface area contributed by atoms with Crippen LogP contribution in [0.1, 0.15) is 16.7 Å². The number of hydrogen-bond acceptors (Lipinski definition) is 2. The molecule has 0 spiro atoms. The number of hydrogen-bond donors (Lipinski definition) is 1. The van der Waals surface area contributed by atoms with Crippen molar-refractivity contribution in [2.24, 2.45) is 0 Å². The van der Waals surface area contributed by atoms with Crippen LogP contribution >= 0.6 is 11.6 Å². The highest BCUT2D eigenvalue weighted by atomic mass is 35.5. The molecular weight excluding hydrogens is 280 g/mol. The molecule has 0 amide bonds. The molecule has 0 fully saturated rings. The van der Waals surface area contributed by atoms with Crippen molar-refractivity contribution in [3.05, 3.63) is 70.4 Å². The van der Waals surface area contributed by atoms with Crippen molar-refractivity contribution in [1.29, 1.82) is 0 Å². The van der Waals surface area contributed by atoms with E-state index in [0.717, 1.165) is 33.7 Å². The van der Waals surface area contributed by atoms with Gasteiger partial charge < -0.3 is 5.32 Å². The molecule has 0 aliphatic rings. The molecule has 2 aromatic carbocycles. The molecule has 0 atom stereocenters. The molecule has 0 aliphatic heterocycles. The third-order valence-electron chi connectivity index (χ3n) is 3.50. The summed E-state index contributed by atoms with van der Waals surface area (Å²) in [5, 5.41) is 5.21. The minimum Gasteiger partial charge on any atom is -0.381 e. The summed E-state index contributed by atoms with van der Waals surface area (Å²) in [7, 11) is 0. The zero-order chi connectivity index (χ0) is 14.8. The van der Waals surface area contributed by atoms with E-state index in [1.807, 2.05) is 24.3 Å². The Balaban J connectivity index is 1.90. The fourth-order valence-electron chi connectivity index (χ4n) is 2.61. The zero-order valence-electron chi connectivity index (χ0n) is 12.2. The Kier molecular flexibility index (Phi) is 3.80. The second kappa shape index (κ2) is 5.74. The largest absolute Gasteiger partial charge is 0.381 e. The topological polar surface area (TPSA) is 24.9 Å². The molecule has 2 nitrogen and oxygen atoms in total. The van der Waals surface area contributed by atoms with Crippen molar-refractivity contribution >= 4 is 28.2 Å². The number of halogens is 1. The number of aryl methyl sites for hydroxylation is 2. The Morgan fingerprint density at radius 2 is 1.81 bits per heavy atom. The van der Waals surface area contributed by atoms with Gasteiger partial charge in [0.15, 0.2) is 0 Å². The summed E-state index contributed by atoms with van der Waals surface area (Å²) < 4.78 is 0. The first-order valence-corrected chi connectivity index (χ1v) is 7.35. The van der Waals surface area contributed by atoms with Crippen LogP contribution in [0.3, 0.4) is 0 Å². The maximum absolute atomic E-state index is 6.23. The van der Waals surface area contributed by atoms with Gasteiger partial charge in [-0.2, -0.15) is 0 Å². The lowest BCUT2D eigenvalue weighted by Gasteiger charge is -2.11. The number of nitrogens with zero attached hydrogens (tertiary/aromatic N) is 1. The number of benzene rings is 2. The van der Waals surface area contributed by atoms with Crippen LogP contribution in [0, 0.1) is 13.8 Å². The first-order chi connectivity index (χ1) is 10.1. The molecule has 106 valence electrons. The molecule has 0 saturated heterocycles. The van der Waals surface area contributed by atoms with E-state index in [4.69, 9.17) is 11.6 Å². The first-order valence-electron chi connectivity index (χ1n) is 6.98. The fraction of sp³-hybridized carbons (Fsp3) is 0.167. The molecule has 21 heavy (non-hydrogen) atoms. The van der Waals surface area contributed by atoms with Gasteiger partial charge in [0.1, 0.15) is 0 Å². The molecule has 1 aromatic heterocycles. The molecule has 0 radical (unpaired) electrons. The summed E-state index contributed by atoms with van der Waals surface area (Å²) in [5.41, 5.74) is 5.76. The number of pyridine rings is 1. The van der Waals surface area contributed by atoms with Gasteiger partial charge in [-0.3, -0.25) is 4.98 Å². The summed E-state index contributed by atoms with van der Waals surface area (Å²) in [4.78, 5) is 4.46. The van der Waals surface area contributed by atoms with Crippen LogP contribution in [0.5, 0.6) is 0 Å². The third-order valence-corrected chi connectivity index (χ3v) is 3.83. The van der Waals surface area contributed by atoms with E-state index < -0.39 is 0 Å². The average molecular weight is 297 g/mol. The highest BCUT2D eigenvalue weighted by Crippen LogP contribution is 2.25. The number of nitrogens with one attached hydrogen (secondary N) is 1. The van der Waals surface area contributed by atoms with Gasteiger partial charge in [0.05, 0.1) is 5.52 Å². The van der Waals surface area contributed by atoms with E-state index in [2.05, 4.69) is 42.3 Å². The summed E-state index contributed by atoms with van der Waals surface area (Å²) in [6.07, 6.45) is 1.80. The SMILES string of the molecule is Cc1cc(C)cc(NCc2ccc(Cl)c3cccnc23)c1.